The van der Waals surface area contributed by atoms with Crippen molar-refractivity contribution in [3.05, 3.63) is 34.6 Å². The van der Waals surface area contributed by atoms with E-state index in [4.69, 9.17) is 0 Å². The summed E-state index contributed by atoms with van der Waals surface area (Å²) in [5, 5.41) is 13.4. The van der Waals surface area contributed by atoms with Gasteiger partial charge in [-0.25, -0.2) is 4.98 Å². The third kappa shape index (κ3) is 4.01. The first kappa shape index (κ1) is 19.4. The van der Waals surface area contributed by atoms with Crippen LogP contribution in [0.1, 0.15) is 46.1 Å². The molecule has 1 aromatic carbocycles. The molecule has 0 radical (unpaired) electrons. The third-order valence-corrected chi connectivity index (χ3v) is 6.12. The van der Waals surface area contributed by atoms with Gasteiger partial charge in [0.2, 0.25) is 5.91 Å². The molecule has 3 rings (SSSR count). The number of para-hydroxylation sites is 1. The first-order valence-electron chi connectivity index (χ1n) is 9.26. The Kier molecular flexibility index (Phi) is 5.56. The number of carbonyl (C=O) groups excluding carboxylic acids is 1. The van der Waals surface area contributed by atoms with Crippen LogP contribution in [0.5, 0.6) is 0 Å². The van der Waals surface area contributed by atoms with E-state index in [1.165, 1.54) is 11.8 Å². The highest BCUT2D eigenvalue weighted by atomic mass is 32.2. The number of carbonyl (C=O) groups is 1. The second-order valence-corrected chi connectivity index (χ2v) is 8.21. The Morgan fingerprint density at radius 1 is 1.48 bits per heavy atom. The van der Waals surface area contributed by atoms with Crippen LogP contribution >= 0.6 is 11.8 Å². The van der Waals surface area contributed by atoms with Gasteiger partial charge in [0.1, 0.15) is 5.54 Å². The number of thioether (sulfide) groups is 1. The van der Waals surface area contributed by atoms with Gasteiger partial charge in [0.05, 0.1) is 22.7 Å². The molecular formula is C20H24N4O2S. The number of aromatic nitrogens is 2. The van der Waals surface area contributed by atoms with Crippen molar-refractivity contribution in [2.75, 3.05) is 5.75 Å². The molecule has 0 unspecified atom stereocenters. The second-order valence-electron chi connectivity index (χ2n) is 7.27. The molecule has 2 aromatic rings. The van der Waals surface area contributed by atoms with E-state index in [2.05, 4.69) is 16.4 Å². The van der Waals surface area contributed by atoms with Gasteiger partial charge >= 0.3 is 0 Å². The quantitative estimate of drug-likeness (QED) is 0.585. The highest BCUT2D eigenvalue weighted by molar-refractivity contribution is 7.99. The summed E-state index contributed by atoms with van der Waals surface area (Å²) >= 11 is 1.24. The minimum Gasteiger partial charge on any atom is -0.337 e. The number of amides is 1. The Hall–Kier alpha value is -2.33. The zero-order valence-corrected chi connectivity index (χ0v) is 16.7. The van der Waals surface area contributed by atoms with Gasteiger partial charge < -0.3 is 5.32 Å². The predicted molar refractivity (Wildman–Crippen MR) is 107 cm³/mol. The minimum absolute atomic E-state index is 0.0176. The van der Waals surface area contributed by atoms with Gasteiger partial charge in [-0.05, 0) is 51.2 Å². The lowest BCUT2D eigenvalue weighted by Crippen LogP contribution is -2.47. The van der Waals surface area contributed by atoms with Crippen molar-refractivity contribution in [3.8, 4) is 6.07 Å². The maximum atomic E-state index is 12.9. The number of nitriles is 1. The van der Waals surface area contributed by atoms with Crippen molar-refractivity contribution >= 4 is 28.6 Å². The normalized spacial score (nSPS) is 17.1. The average Bonchev–Trinajstić information content (AvgIpc) is 3.51. The van der Waals surface area contributed by atoms with Gasteiger partial charge in [-0.15, -0.1) is 0 Å². The summed E-state index contributed by atoms with van der Waals surface area (Å²) in [6.45, 7) is 5.76. The van der Waals surface area contributed by atoms with Crippen molar-refractivity contribution in [1.29, 1.82) is 5.26 Å². The van der Waals surface area contributed by atoms with Gasteiger partial charge in [-0.1, -0.05) is 30.8 Å². The first-order chi connectivity index (χ1) is 12.9. The molecule has 6 nitrogen and oxygen atoms in total. The van der Waals surface area contributed by atoms with Crippen LogP contribution in [0, 0.1) is 17.2 Å². The molecule has 0 aliphatic heterocycles. The number of fused-ring (bicyclic) bond motifs is 1. The molecule has 2 atom stereocenters. The van der Waals surface area contributed by atoms with Gasteiger partial charge in [-0.2, -0.15) is 5.26 Å². The van der Waals surface area contributed by atoms with Crippen molar-refractivity contribution in [2.45, 2.75) is 56.8 Å². The lowest BCUT2D eigenvalue weighted by molar-refractivity contribution is -0.119. The summed E-state index contributed by atoms with van der Waals surface area (Å²) in [7, 11) is 0. The van der Waals surface area contributed by atoms with Crippen LogP contribution in [-0.4, -0.2) is 26.8 Å². The van der Waals surface area contributed by atoms with Gasteiger partial charge in [0, 0.05) is 6.04 Å². The van der Waals surface area contributed by atoms with Crippen LogP contribution in [0.3, 0.4) is 0 Å². The van der Waals surface area contributed by atoms with E-state index < -0.39 is 5.54 Å². The molecule has 1 aliphatic carbocycles. The molecule has 1 aromatic heterocycles. The van der Waals surface area contributed by atoms with Crippen LogP contribution < -0.4 is 10.9 Å². The van der Waals surface area contributed by atoms with Crippen molar-refractivity contribution in [3.63, 3.8) is 0 Å². The number of nitrogens with one attached hydrogen (secondary N) is 1. The molecule has 1 saturated carbocycles. The lowest BCUT2D eigenvalue weighted by atomic mass is 9.98. The summed E-state index contributed by atoms with van der Waals surface area (Å²) in [5.74, 6) is 0.133. The third-order valence-electron chi connectivity index (χ3n) is 5.16. The molecule has 27 heavy (non-hydrogen) atoms. The van der Waals surface area contributed by atoms with E-state index in [1.54, 1.807) is 17.6 Å². The molecule has 142 valence electrons. The van der Waals surface area contributed by atoms with E-state index in [0.29, 0.717) is 16.1 Å². The lowest BCUT2D eigenvalue weighted by Gasteiger charge is -2.23. The average molecular weight is 385 g/mol. The largest absolute Gasteiger partial charge is 0.337 e. The van der Waals surface area contributed by atoms with E-state index in [1.807, 2.05) is 32.0 Å². The van der Waals surface area contributed by atoms with Crippen molar-refractivity contribution in [2.24, 2.45) is 5.92 Å². The molecule has 1 aliphatic rings. The molecule has 1 heterocycles. The number of rotatable bonds is 7. The Balaban J connectivity index is 1.84. The Morgan fingerprint density at radius 3 is 2.81 bits per heavy atom. The van der Waals surface area contributed by atoms with Crippen molar-refractivity contribution < 1.29 is 4.79 Å². The topological polar surface area (TPSA) is 87.8 Å². The fourth-order valence-electron chi connectivity index (χ4n) is 3.14. The number of nitrogens with zero attached hydrogens (tertiary/aromatic N) is 3. The standard InChI is InChI=1S/C20H24N4O2S/c1-4-13(2)24-18(26)15-7-5-6-8-16(15)22-19(24)27-11-17(25)23-20(3,12-21)14-9-10-14/h5-8,13-14H,4,9-11H2,1-3H3,(H,23,25)/t13-,20+/m0/s1. The highest BCUT2D eigenvalue weighted by Gasteiger charge is 2.43. The maximum Gasteiger partial charge on any atom is 0.262 e. The van der Waals surface area contributed by atoms with Crippen LogP contribution in [-0.2, 0) is 4.79 Å². The molecule has 0 bridgehead atoms. The van der Waals surface area contributed by atoms with Gasteiger partial charge in [0.25, 0.3) is 5.56 Å². The Bertz CT molecular complexity index is 961. The van der Waals surface area contributed by atoms with Crippen LogP contribution in [0.4, 0.5) is 0 Å². The Morgan fingerprint density at radius 2 is 2.19 bits per heavy atom. The number of hydrogen-bond acceptors (Lipinski definition) is 5. The minimum atomic E-state index is -0.815. The van der Waals surface area contributed by atoms with E-state index in [-0.39, 0.29) is 29.2 Å². The van der Waals surface area contributed by atoms with Gasteiger partial charge in [0.15, 0.2) is 5.16 Å². The summed E-state index contributed by atoms with van der Waals surface area (Å²) in [6.07, 6.45) is 2.72. The first-order valence-corrected chi connectivity index (χ1v) is 10.2. The molecular weight excluding hydrogens is 360 g/mol. The fraction of sp³-hybridized carbons (Fsp3) is 0.500. The maximum absolute atomic E-state index is 12.9. The van der Waals surface area contributed by atoms with Crippen LogP contribution in [0.2, 0.25) is 0 Å². The SMILES string of the molecule is CC[C@H](C)n1c(SCC(=O)N[C@](C)(C#N)C2CC2)nc2ccccc2c1=O. The Labute approximate surface area is 163 Å². The van der Waals surface area contributed by atoms with Crippen LogP contribution in [0.25, 0.3) is 10.9 Å². The van der Waals surface area contributed by atoms with Crippen molar-refractivity contribution in [1.82, 2.24) is 14.9 Å². The predicted octanol–water partition coefficient (Wildman–Crippen LogP) is 3.27. The zero-order valence-electron chi connectivity index (χ0n) is 15.9. The molecule has 1 N–H and O–H groups in total. The molecule has 1 fully saturated rings. The monoisotopic (exact) mass is 384 g/mol. The summed E-state index contributed by atoms with van der Waals surface area (Å²) in [4.78, 5) is 30.0. The number of benzene rings is 1. The zero-order chi connectivity index (χ0) is 19.6. The fourth-order valence-corrected chi connectivity index (χ4v) is 4.03. The van der Waals surface area contributed by atoms with E-state index in [9.17, 15) is 14.9 Å². The molecule has 1 amide bonds. The van der Waals surface area contributed by atoms with E-state index >= 15 is 0 Å². The molecule has 7 heteroatoms. The molecule has 0 saturated heterocycles. The number of hydrogen-bond donors (Lipinski definition) is 1. The van der Waals surface area contributed by atoms with Gasteiger partial charge in [-0.3, -0.25) is 14.2 Å². The van der Waals surface area contributed by atoms with Crippen LogP contribution in [0.15, 0.2) is 34.2 Å². The summed E-state index contributed by atoms with van der Waals surface area (Å²) < 4.78 is 1.67. The summed E-state index contributed by atoms with van der Waals surface area (Å²) in [6, 6.07) is 9.47. The van der Waals surface area contributed by atoms with E-state index in [0.717, 1.165) is 19.3 Å². The highest BCUT2D eigenvalue weighted by Crippen LogP contribution is 2.39. The summed E-state index contributed by atoms with van der Waals surface area (Å²) in [5.41, 5.74) is -0.271. The molecule has 0 spiro atoms. The smallest absolute Gasteiger partial charge is 0.262 e. The second kappa shape index (κ2) is 7.73.